The van der Waals surface area contributed by atoms with Crippen molar-refractivity contribution in [1.29, 1.82) is 0 Å². The third-order valence-corrected chi connectivity index (χ3v) is 11.5. The van der Waals surface area contributed by atoms with Gasteiger partial charge in [-0.25, -0.2) is 9.36 Å². The fourth-order valence-corrected chi connectivity index (χ4v) is 8.55. The molecule has 4 atom stereocenters. The van der Waals surface area contributed by atoms with Crippen molar-refractivity contribution in [3.05, 3.63) is 158 Å². The number of aliphatic hydroxyl groups excluding tert-OH is 1. The molecule has 57 heavy (non-hydrogen) atoms. The number of hydrogen-bond donors (Lipinski definition) is 2. The molecule has 0 radical (unpaired) electrons. The summed E-state index contributed by atoms with van der Waals surface area (Å²) in [5, 5.41) is 11.3. The van der Waals surface area contributed by atoms with Gasteiger partial charge in [0.05, 0.1) is 33.5 Å². The summed E-state index contributed by atoms with van der Waals surface area (Å²) >= 11 is 0. The van der Waals surface area contributed by atoms with E-state index >= 15 is 0 Å². The summed E-state index contributed by atoms with van der Waals surface area (Å²) in [6.07, 6.45) is -1.41. The number of fused-ring (bicyclic) bond motifs is 1. The zero-order chi connectivity index (χ0) is 40.2. The summed E-state index contributed by atoms with van der Waals surface area (Å²) in [5.41, 5.74) is -0.327. The number of phosphoric ester groups is 1. The summed E-state index contributed by atoms with van der Waals surface area (Å²) in [5.74, 6) is 7.34. The highest BCUT2D eigenvalue weighted by molar-refractivity contribution is 7.49. The quantitative estimate of drug-likeness (QED) is 0.0622. The molecule has 0 aliphatic carbocycles. The van der Waals surface area contributed by atoms with Crippen molar-refractivity contribution in [2.75, 3.05) is 27.4 Å². The van der Waals surface area contributed by atoms with Crippen molar-refractivity contribution >= 4 is 7.82 Å². The number of aromatic nitrogens is 2. The minimum absolute atomic E-state index is 0.0126. The number of para-hydroxylation sites is 1. The van der Waals surface area contributed by atoms with E-state index in [1.165, 1.54) is 10.8 Å². The van der Waals surface area contributed by atoms with E-state index in [0.717, 1.165) is 22.3 Å². The standard InChI is InChI=1S/C43H43N2O11P/c1-42(2)35-15-8-9-16-37(35)55-57(49,56-42)53-25-11-10-12-29-27-45(41(48)44-40(29)47)39-26-36(46)38(54-39)28-52-43(30-13-6-5-7-14-30,31-17-21-33(50-3)22-18-31)32-19-23-34(51-4)24-20-32/h5-9,13-24,27,36,38-39,46H,11,25-26,28H2,1-4H3,(H,44,47,48). The van der Waals surface area contributed by atoms with Gasteiger partial charge in [0.15, 0.2) is 0 Å². The van der Waals surface area contributed by atoms with Gasteiger partial charge in [0.25, 0.3) is 5.56 Å². The number of aromatic amines is 1. The second kappa shape index (κ2) is 16.6. The van der Waals surface area contributed by atoms with Crippen LogP contribution in [0.15, 0.2) is 119 Å². The molecule has 14 heteroatoms. The maximum Gasteiger partial charge on any atom is 0.530 e. The number of rotatable bonds is 12. The molecule has 4 unspecified atom stereocenters. The molecule has 4 aromatic carbocycles. The van der Waals surface area contributed by atoms with Gasteiger partial charge in [0, 0.05) is 24.6 Å². The van der Waals surface area contributed by atoms with Crippen LogP contribution in [0.25, 0.3) is 0 Å². The predicted octanol–water partition coefficient (Wildman–Crippen LogP) is 6.42. The molecule has 1 saturated heterocycles. The van der Waals surface area contributed by atoms with Crippen LogP contribution >= 0.6 is 7.82 Å². The van der Waals surface area contributed by atoms with Crippen LogP contribution in [0.5, 0.6) is 17.2 Å². The van der Waals surface area contributed by atoms with E-state index in [2.05, 4.69) is 16.8 Å². The Hall–Kier alpha value is -5.45. The minimum Gasteiger partial charge on any atom is -0.497 e. The van der Waals surface area contributed by atoms with Gasteiger partial charge in [-0.2, -0.15) is 0 Å². The van der Waals surface area contributed by atoms with E-state index in [1.54, 1.807) is 40.2 Å². The third-order valence-electron chi connectivity index (χ3n) is 9.91. The lowest BCUT2D eigenvalue weighted by atomic mass is 9.80. The Morgan fingerprint density at radius 3 is 2.16 bits per heavy atom. The number of nitrogens with one attached hydrogen (secondary N) is 1. The summed E-state index contributed by atoms with van der Waals surface area (Å²) in [6.45, 7) is 3.36. The van der Waals surface area contributed by atoms with Gasteiger partial charge < -0.3 is 28.6 Å². The Morgan fingerprint density at radius 2 is 1.51 bits per heavy atom. The minimum atomic E-state index is -3.95. The van der Waals surface area contributed by atoms with Gasteiger partial charge in [0.1, 0.15) is 46.3 Å². The molecule has 0 spiro atoms. The fraction of sp³-hybridized carbons (Fsp3) is 0.302. The van der Waals surface area contributed by atoms with Gasteiger partial charge in [0.2, 0.25) is 0 Å². The highest BCUT2D eigenvalue weighted by Gasteiger charge is 2.45. The number of benzene rings is 4. The monoisotopic (exact) mass is 794 g/mol. The van der Waals surface area contributed by atoms with Crippen molar-refractivity contribution in [3.63, 3.8) is 0 Å². The van der Waals surface area contributed by atoms with E-state index < -0.39 is 48.7 Å². The van der Waals surface area contributed by atoms with Crippen molar-refractivity contribution in [1.82, 2.24) is 9.55 Å². The van der Waals surface area contributed by atoms with Crippen molar-refractivity contribution in [3.8, 4) is 29.1 Å². The predicted molar refractivity (Wildman–Crippen MR) is 210 cm³/mol. The average molecular weight is 795 g/mol. The van der Waals surface area contributed by atoms with Crippen LogP contribution in [0.2, 0.25) is 0 Å². The Balaban J connectivity index is 1.08. The second-order valence-electron chi connectivity index (χ2n) is 14.0. The number of ether oxygens (including phenoxy) is 4. The van der Waals surface area contributed by atoms with Crippen LogP contribution in [-0.2, 0) is 34.3 Å². The molecule has 1 aromatic heterocycles. The molecule has 1 fully saturated rings. The molecule has 5 aromatic rings. The Labute approximate surface area is 329 Å². The molecule has 0 bridgehead atoms. The number of methoxy groups -OCH3 is 2. The maximum absolute atomic E-state index is 13.3. The molecule has 2 aliphatic rings. The molecule has 0 amide bonds. The SMILES string of the molecule is COc1ccc(C(OCC2OC(n3cc(C#CCCOP4(=O)Oc5ccccc5C(C)(C)O4)c(=O)[nH]c3=O)CC2O)(c2ccccc2)c2ccc(OC)cc2)cc1. The molecule has 3 heterocycles. The molecule has 296 valence electrons. The molecular weight excluding hydrogens is 751 g/mol. The third kappa shape index (κ3) is 8.34. The Morgan fingerprint density at radius 1 is 0.895 bits per heavy atom. The first-order valence-electron chi connectivity index (χ1n) is 18.4. The zero-order valence-electron chi connectivity index (χ0n) is 31.9. The lowest BCUT2D eigenvalue weighted by Crippen LogP contribution is -2.38. The van der Waals surface area contributed by atoms with Gasteiger partial charge >= 0.3 is 13.5 Å². The first-order valence-corrected chi connectivity index (χ1v) is 19.8. The van der Waals surface area contributed by atoms with Gasteiger partial charge in [-0.1, -0.05) is 84.6 Å². The summed E-state index contributed by atoms with van der Waals surface area (Å²) < 4.78 is 55.4. The van der Waals surface area contributed by atoms with E-state index in [9.17, 15) is 19.3 Å². The zero-order valence-corrected chi connectivity index (χ0v) is 32.8. The van der Waals surface area contributed by atoms with Gasteiger partial charge in [-0.3, -0.25) is 23.4 Å². The highest BCUT2D eigenvalue weighted by Crippen LogP contribution is 2.60. The normalized spacial score (nSPS) is 21.1. The van der Waals surface area contributed by atoms with Crippen LogP contribution in [-0.4, -0.2) is 54.3 Å². The fourth-order valence-electron chi connectivity index (χ4n) is 7.04. The second-order valence-corrected chi connectivity index (χ2v) is 15.5. The van der Waals surface area contributed by atoms with Crippen LogP contribution in [0.4, 0.5) is 0 Å². The lowest BCUT2D eigenvalue weighted by Gasteiger charge is -2.37. The number of hydrogen-bond acceptors (Lipinski definition) is 11. The summed E-state index contributed by atoms with van der Waals surface area (Å²) in [4.78, 5) is 28.1. The van der Waals surface area contributed by atoms with Crippen LogP contribution < -0.4 is 25.2 Å². The van der Waals surface area contributed by atoms with Crippen molar-refractivity contribution in [2.45, 2.75) is 56.3 Å². The molecule has 0 saturated carbocycles. The van der Waals surface area contributed by atoms with Crippen molar-refractivity contribution in [2.24, 2.45) is 0 Å². The van der Waals surface area contributed by atoms with E-state index in [0.29, 0.717) is 17.2 Å². The Bertz CT molecular complexity index is 2370. The molecule has 2 N–H and O–H groups in total. The first-order chi connectivity index (χ1) is 27.4. The van der Waals surface area contributed by atoms with Crippen LogP contribution in [0.1, 0.15) is 60.7 Å². The lowest BCUT2D eigenvalue weighted by molar-refractivity contribution is -0.0944. The number of H-pyrrole nitrogens is 1. The molecule has 2 aliphatic heterocycles. The molecule has 7 rings (SSSR count). The largest absolute Gasteiger partial charge is 0.530 e. The molecular formula is C43H43N2O11P. The van der Waals surface area contributed by atoms with Crippen molar-refractivity contribution < 1.29 is 42.2 Å². The highest BCUT2D eigenvalue weighted by atomic mass is 31.2. The van der Waals surface area contributed by atoms with Gasteiger partial charge in [-0.15, -0.1) is 0 Å². The van der Waals surface area contributed by atoms with Crippen LogP contribution in [0, 0.1) is 11.8 Å². The number of phosphoric acid groups is 1. The first kappa shape index (κ1) is 39.8. The number of nitrogens with zero attached hydrogens (tertiary/aromatic N) is 1. The average Bonchev–Trinajstić information content (AvgIpc) is 3.58. The maximum atomic E-state index is 13.3. The van der Waals surface area contributed by atoms with E-state index in [4.69, 9.17) is 32.5 Å². The smallest absolute Gasteiger partial charge is 0.497 e. The van der Waals surface area contributed by atoms with Gasteiger partial charge in [-0.05, 0) is 60.9 Å². The molecule has 13 nitrogen and oxygen atoms in total. The Kier molecular flexibility index (Phi) is 11.6. The topological polar surface area (TPSA) is 157 Å². The summed E-state index contributed by atoms with van der Waals surface area (Å²) in [7, 11) is -0.749. The van der Waals surface area contributed by atoms with Crippen LogP contribution in [0.3, 0.4) is 0 Å². The van der Waals surface area contributed by atoms with E-state index in [1.807, 2.05) is 91.0 Å². The number of aliphatic hydroxyl groups is 1. The summed E-state index contributed by atoms with van der Waals surface area (Å²) in [6, 6.07) is 32.0. The van der Waals surface area contributed by atoms with E-state index in [-0.39, 0.29) is 31.6 Å².